The summed E-state index contributed by atoms with van der Waals surface area (Å²) in [7, 11) is 0. The topological polar surface area (TPSA) is 33.6 Å². The van der Waals surface area contributed by atoms with Crippen LogP contribution in [0.15, 0.2) is 35.3 Å². The second-order valence-electron chi connectivity index (χ2n) is 5.10. The maximum Gasteiger partial charge on any atom is 0.157 e. The van der Waals surface area contributed by atoms with E-state index >= 15 is 0 Å². The number of hydrogen-bond acceptors (Lipinski definition) is 3. The Labute approximate surface area is 126 Å². The molecule has 0 aromatic heterocycles. The fourth-order valence-corrected chi connectivity index (χ4v) is 3.54. The number of thioether (sulfide) groups is 1. The van der Waals surface area contributed by atoms with Crippen molar-refractivity contribution in [2.45, 2.75) is 38.6 Å². The first-order chi connectivity index (χ1) is 9.78. The van der Waals surface area contributed by atoms with Crippen molar-refractivity contribution in [3.63, 3.8) is 0 Å². The Balaban J connectivity index is 1.67. The molecule has 1 aliphatic heterocycles. The highest BCUT2D eigenvalue weighted by Gasteiger charge is 2.33. The van der Waals surface area contributed by atoms with Gasteiger partial charge in [-0.15, -0.1) is 0 Å². The van der Waals surface area contributed by atoms with Crippen molar-refractivity contribution in [3.8, 4) is 5.75 Å². The molecule has 1 aromatic rings. The SMILES string of the molecule is CCC1(CC)CSC(=NCCCOc2ccccc2)N1. The zero-order valence-corrected chi connectivity index (χ0v) is 13.2. The summed E-state index contributed by atoms with van der Waals surface area (Å²) in [4.78, 5) is 4.63. The zero-order chi connectivity index (χ0) is 14.3. The van der Waals surface area contributed by atoms with Gasteiger partial charge in [0.15, 0.2) is 5.17 Å². The summed E-state index contributed by atoms with van der Waals surface area (Å²) in [6.07, 6.45) is 3.27. The number of hydrogen-bond donors (Lipinski definition) is 1. The van der Waals surface area contributed by atoms with Gasteiger partial charge in [0.25, 0.3) is 0 Å². The van der Waals surface area contributed by atoms with Gasteiger partial charge in [0.1, 0.15) is 5.75 Å². The Morgan fingerprint density at radius 3 is 2.65 bits per heavy atom. The maximum absolute atomic E-state index is 5.66. The molecule has 1 saturated heterocycles. The average molecular weight is 292 g/mol. The predicted octanol–water partition coefficient (Wildman–Crippen LogP) is 3.71. The molecule has 1 fully saturated rings. The first-order valence-corrected chi connectivity index (χ1v) is 8.40. The minimum Gasteiger partial charge on any atom is -0.494 e. The van der Waals surface area contributed by atoms with E-state index in [1.54, 1.807) is 0 Å². The molecule has 1 N–H and O–H groups in total. The lowest BCUT2D eigenvalue weighted by Crippen LogP contribution is -2.42. The molecule has 0 radical (unpaired) electrons. The van der Waals surface area contributed by atoms with Crippen LogP contribution in [0.4, 0.5) is 0 Å². The molecule has 0 aliphatic carbocycles. The van der Waals surface area contributed by atoms with E-state index in [2.05, 4.69) is 24.2 Å². The summed E-state index contributed by atoms with van der Waals surface area (Å²) < 4.78 is 5.66. The fraction of sp³-hybridized carbons (Fsp3) is 0.562. The van der Waals surface area contributed by atoms with Crippen LogP contribution >= 0.6 is 11.8 Å². The van der Waals surface area contributed by atoms with Crippen LogP contribution in [-0.4, -0.2) is 29.6 Å². The van der Waals surface area contributed by atoms with Crippen molar-refractivity contribution in [1.82, 2.24) is 5.32 Å². The third-order valence-corrected chi connectivity index (χ3v) is 4.98. The molecule has 2 rings (SSSR count). The maximum atomic E-state index is 5.66. The van der Waals surface area contributed by atoms with Gasteiger partial charge >= 0.3 is 0 Å². The van der Waals surface area contributed by atoms with Gasteiger partial charge in [0, 0.05) is 24.3 Å². The van der Waals surface area contributed by atoms with E-state index in [0.717, 1.165) is 49.1 Å². The van der Waals surface area contributed by atoms with Crippen molar-refractivity contribution in [3.05, 3.63) is 30.3 Å². The van der Waals surface area contributed by atoms with Crippen LogP contribution in [-0.2, 0) is 0 Å². The van der Waals surface area contributed by atoms with Gasteiger partial charge in [-0.3, -0.25) is 4.99 Å². The van der Waals surface area contributed by atoms with E-state index in [0.29, 0.717) is 0 Å². The fourth-order valence-electron chi connectivity index (χ4n) is 2.17. The van der Waals surface area contributed by atoms with E-state index in [4.69, 9.17) is 4.74 Å². The van der Waals surface area contributed by atoms with E-state index in [-0.39, 0.29) is 5.54 Å². The third-order valence-electron chi connectivity index (χ3n) is 3.78. The van der Waals surface area contributed by atoms with Crippen molar-refractivity contribution >= 4 is 16.9 Å². The van der Waals surface area contributed by atoms with Gasteiger partial charge in [-0.1, -0.05) is 43.8 Å². The van der Waals surface area contributed by atoms with Gasteiger partial charge in [-0.25, -0.2) is 0 Å². The van der Waals surface area contributed by atoms with Gasteiger partial charge < -0.3 is 10.1 Å². The number of benzene rings is 1. The third kappa shape index (κ3) is 4.17. The highest BCUT2D eigenvalue weighted by molar-refractivity contribution is 8.14. The van der Waals surface area contributed by atoms with Crippen molar-refractivity contribution in [2.75, 3.05) is 18.9 Å². The molecule has 110 valence electrons. The molecule has 0 atom stereocenters. The average Bonchev–Trinajstić information content (AvgIpc) is 2.92. The van der Waals surface area contributed by atoms with Crippen LogP contribution in [0.25, 0.3) is 0 Å². The Morgan fingerprint density at radius 1 is 1.25 bits per heavy atom. The van der Waals surface area contributed by atoms with Crippen LogP contribution in [0, 0.1) is 0 Å². The molecule has 1 aliphatic rings. The molecule has 0 unspecified atom stereocenters. The normalized spacial score (nSPS) is 19.0. The number of nitrogens with zero attached hydrogens (tertiary/aromatic N) is 1. The molecular weight excluding hydrogens is 268 g/mol. The summed E-state index contributed by atoms with van der Waals surface area (Å²) in [5.74, 6) is 2.07. The summed E-state index contributed by atoms with van der Waals surface area (Å²) in [5, 5.41) is 4.69. The van der Waals surface area contributed by atoms with Gasteiger partial charge in [-0.05, 0) is 25.0 Å². The van der Waals surface area contributed by atoms with Gasteiger partial charge in [0.2, 0.25) is 0 Å². The number of aliphatic imine (C=N–C) groups is 1. The largest absolute Gasteiger partial charge is 0.494 e. The zero-order valence-electron chi connectivity index (χ0n) is 12.4. The molecule has 20 heavy (non-hydrogen) atoms. The van der Waals surface area contributed by atoms with E-state index in [1.807, 2.05) is 42.1 Å². The minimum atomic E-state index is 0.268. The quantitative estimate of drug-likeness (QED) is 0.778. The number of amidine groups is 1. The Morgan fingerprint density at radius 2 is 2.00 bits per heavy atom. The minimum absolute atomic E-state index is 0.268. The number of ether oxygens (including phenoxy) is 1. The van der Waals surface area contributed by atoms with Crippen molar-refractivity contribution in [1.29, 1.82) is 0 Å². The summed E-state index contributed by atoms with van der Waals surface area (Å²) in [6.45, 7) is 6.03. The molecular formula is C16H24N2OS. The van der Waals surface area contributed by atoms with Crippen molar-refractivity contribution < 1.29 is 4.74 Å². The lowest BCUT2D eigenvalue weighted by atomic mass is 9.96. The monoisotopic (exact) mass is 292 g/mol. The molecule has 3 nitrogen and oxygen atoms in total. The number of rotatable bonds is 7. The summed E-state index contributed by atoms with van der Waals surface area (Å²) in [5.41, 5.74) is 0.268. The van der Waals surface area contributed by atoms with Crippen LogP contribution in [0.5, 0.6) is 5.75 Å². The molecule has 1 aromatic carbocycles. The van der Waals surface area contributed by atoms with Gasteiger partial charge in [0.05, 0.1) is 6.61 Å². The standard InChI is InChI=1S/C16H24N2OS/c1-3-16(4-2)13-20-15(18-16)17-11-8-12-19-14-9-6-5-7-10-14/h5-7,9-10H,3-4,8,11-13H2,1-2H3,(H,17,18). The van der Waals surface area contributed by atoms with Crippen LogP contribution < -0.4 is 10.1 Å². The van der Waals surface area contributed by atoms with Crippen LogP contribution in [0.3, 0.4) is 0 Å². The number of para-hydroxylation sites is 1. The highest BCUT2D eigenvalue weighted by atomic mass is 32.2. The van der Waals surface area contributed by atoms with Crippen molar-refractivity contribution in [2.24, 2.45) is 4.99 Å². The van der Waals surface area contributed by atoms with E-state index in [1.165, 1.54) is 0 Å². The summed E-state index contributed by atoms with van der Waals surface area (Å²) >= 11 is 1.85. The second-order valence-corrected chi connectivity index (χ2v) is 6.07. The Hall–Kier alpha value is -1.16. The van der Waals surface area contributed by atoms with Gasteiger partial charge in [-0.2, -0.15) is 0 Å². The van der Waals surface area contributed by atoms with Crippen LogP contribution in [0.2, 0.25) is 0 Å². The summed E-state index contributed by atoms with van der Waals surface area (Å²) in [6, 6.07) is 9.94. The van der Waals surface area contributed by atoms with E-state index in [9.17, 15) is 0 Å². The molecule has 0 saturated carbocycles. The first kappa shape index (κ1) is 15.2. The molecule has 0 spiro atoms. The lowest BCUT2D eigenvalue weighted by molar-refractivity contribution is 0.313. The van der Waals surface area contributed by atoms with Crippen LogP contribution in [0.1, 0.15) is 33.1 Å². The predicted molar refractivity (Wildman–Crippen MR) is 87.8 cm³/mol. The molecule has 0 bridgehead atoms. The molecule has 0 amide bonds. The highest BCUT2D eigenvalue weighted by Crippen LogP contribution is 2.28. The lowest BCUT2D eigenvalue weighted by Gasteiger charge is -2.25. The number of nitrogens with one attached hydrogen (secondary N) is 1. The molecule has 1 heterocycles. The smallest absolute Gasteiger partial charge is 0.157 e. The second kappa shape index (κ2) is 7.58. The van der Waals surface area contributed by atoms with E-state index < -0.39 is 0 Å². The Bertz CT molecular complexity index is 429. The molecule has 4 heteroatoms. The first-order valence-electron chi connectivity index (χ1n) is 7.41. The Kier molecular flexibility index (Phi) is 5.77.